The van der Waals surface area contributed by atoms with Crippen LogP contribution in [-0.2, 0) is 37.2 Å². The molecule has 0 N–H and O–H groups in total. The van der Waals surface area contributed by atoms with E-state index in [2.05, 4.69) is 57.1 Å². The second-order valence-electron chi connectivity index (χ2n) is 8.47. The normalized spacial score (nSPS) is 14.0. The highest BCUT2D eigenvalue weighted by atomic mass is 32.1. The Morgan fingerprint density at radius 1 is 1.24 bits per heavy atom. The molecule has 0 aliphatic carbocycles. The molecule has 1 aliphatic rings. The van der Waals surface area contributed by atoms with Crippen molar-refractivity contribution in [2.24, 2.45) is 0 Å². The highest BCUT2D eigenvalue weighted by molar-refractivity contribution is 7.15. The summed E-state index contributed by atoms with van der Waals surface area (Å²) in [6, 6.07) is 10.5. The molecular formula is C25H29N5O2S. The number of benzene rings is 1. The van der Waals surface area contributed by atoms with Crippen LogP contribution in [0.3, 0.4) is 0 Å². The fraction of sp³-hybridized carbons (Fsp3) is 0.400. The van der Waals surface area contributed by atoms with Crippen LogP contribution in [0.5, 0.6) is 0 Å². The third kappa shape index (κ3) is 4.45. The number of hydrogen-bond acceptors (Lipinski definition) is 6. The first-order valence-corrected chi connectivity index (χ1v) is 12.4. The van der Waals surface area contributed by atoms with Crippen molar-refractivity contribution in [3.05, 3.63) is 75.8 Å². The molecule has 4 aromatic rings. The number of nitrogens with zero attached hydrogens (tertiary/aromatic N) is 5. The maximum absolute atomic E-state index is 12.7. The van der Waals surface area contributed by atoms with Crippen molar-refractivity contribution in [1.82, 2.24) is 24.1 Å². The van der Waals surface area contributed by atoms with Crippen LogP contribution >= 0.6 is 11.3 Å². The minimum atomic E-state index is -0.321. The van der Waals surface area contributed by atoms with Gasteiger partial charge in [0.25, 0.3) is 0 Å². The van der Waals surface area contributed by atoms with Gasteiger partial charge in [0.05, 0.1) is 18.0 Å². The van der Waals surface area contributed by atoms with Crippen LogP contribution in [0.15, 0.2) is 41.9 Å². The number of imidazole rings is 1. The topological polar surface area (TPSA) is 64.7 Å². The molecule has 7 nitrogen and oxygen atoms in total. The van der Waals surface area contributed by atoms with Crippen molar-refractivity contribution < 1.29 is 9.53 Å². The molecule has 0 amide bonds. The standard InChI is InChI=1S/C25H29N5O2S/c1-3-32-24(31)23-20-16-28(17-22-18(2)26-25-29(22)14-15-33-25)13-11-21(20)30(27-23)12-7-10-19-8-5-4-6-9-19/h4-6,8-9,14-15H,3,7,10-13,16-17H2,1-2H3. The SMILES string of the molecule is CCOC(=O)c1nn(CCCc2ccccc2)c2c1CN(Cc1c(C)nc3sccn13)CC2. The van der Waals surface area contributed by atoms with E-state index < -0.39 is 0 Å². The molecule has 0 saturated carbocycles. The summed E-state index contributed by atoms with van der Waals surface area (Å²) in [6.45, 7) is 7.47. The third-order valence-corrected chi connectivity index (χ3v) is 7.05. The predicted octanol–water partition coefficient (Wildman–Crippen LogP) is 4.27. The average molecular weight is 464 g/mol. The Labute approximate surface area is 197 Å². The van der Waals surface area contributed by atoms with Crippen molar-refractivity contribution in [3.8, 4) is 0 Å². The predicted molar refractivity (Wildman–Crippen MR) is 129 cm³/mol. The molecule has 8 heteroatoms. The van der Waals surface area contributed by atoms with Gasteiger partial charge in [-0.3, -0.25) is 14.0 Å². The Bertz CT molecular complexity index is 1260. The van der Waals surface area contributed by atoms with Gasteiger partial charge >= 0.3 is 5.97 Å². The van der Waals surface area contributed by atoms with Crippen LogP contribution in [0, 0.1) is 6.92 Å². The zero-order valence-corrected chi connectivity index (χ0v) is 20.0. The van der Waals surface area contributed by atoms with Crippen molar-refractivity contribution in [2.45, 2.75) is 52.7 Å². The summed E-state index contributed by atoms with van der Waals surface area (Å²) in [7, 11) is 0. The summed E-state index contributed by atoms with van der Waals surface area (Å²) in [5.74, 6) is -0.321. The van der Waals surface area contributed by atoms with Crippen molar-refractivity contribution in [2.75, 3.05) is 13.2 Å². The molecular weight excluding hydrogens is 434 g/mol. The number of ether oxygens (including phenoxy) is 1. The largest absolute Gasteiger partial charge is 0.461 e. The Balaban J connectivity index is 1.36. The van der Waals surface area contributed by atoms with Crippen LogP contribution < -0.4 is 0 Å². The van der Waals surface area contributed by atoms with E-state index in [1.54, 1.807) is 11.3 Å². The van der Waals surface area contributed by atoms with Gasteiger partial charge in [0.1, 0.15) is 0 Å². The highest BCUT2D eigenvalue weighted by Crippen LogP contribution is 2.26. The fourth-order valence-corrected chi connectivity index (χ4v) is 5.43. The van der Waals surface area contributed by atoms with E-state index in [1.807, 2.05) is 17.7 Å². The van der Waals surface area contributed by atoms with Gasteiger partial charge in [-0.05, 0) is 32.3 Å². The molecule has 5 rings (SSSR count). The van der Waals surface area contributed by atoms with Gasteiger partial charge in [-0.2, -0.15) is 5.10 Å². The average Bonchev–Trinajstić information content (AvgIpc) is 3.49. The molecule has 1 aliphatic heterocycles. The highest BCUT2D eigenvalue weighted by Gasteiger charge is 2.29. The summed E-state index contributed by atoms with van der Waals surface area (Å²) < 4.78 is 9.56. The number of aryl methyl sites for hydroxylation is 3. The van der Waals surface area contributed by atoms with E-state index in [1.165, 1.54) is 17.0 Å². The number of esters is 1. The quantitative estimate of drug-likeness (QED) is 0.365. The number of fused-ring (bicyclic) bond motifs is 2. The summed E-state index contributed by atoms with van der Waals surface area (Å²) in [5, 5.41) is 6.80. The molecule has 0 unspecified atom stereocenters. The number of carbonyl (C=O) groups is 1. The first kappa shape index (κ1) is 21.9. The molecule has 1 aromatic carbocycles. The Kier molecular flexibility index (Phi) is 6.28. The first-order valence-electron chi connectivity index (χ1n) is 11.6. The lowest BCUT2D eigenvalue weighted by Crippen LogP contribution is -2.32. The lowest BCUT2D eigenvalue weighted by molar-refractivity contribution is 0.0515. The number of aromatic nitrogens is 4. The molecule has 0 bridgehead atoms. The first-order chi connectivity index (χ1) is 16.1. The van der Waals surface area contributed by atoms with Crippen LogP contribution in [0.25, 0.3) is 4.96 Å². The summed E-state index contributed by atoms with van der Waals surface area (Å²) in [5.41, 5.74) is 6.27. The maximum atomic E-state index is 12.7. The van der Waals surface area contributed by atoms with Gasteiger partial charge in [-0.1, -0.05) is 30.3 Å². The molecule has 4 heterocycles. The second-order valence-corrected chi connectivity index (χ2v) is 9.34. The van der Waals surface area contributed by atoms with Gasteiger partial charge in [0, 0.05) is 55.4 Å². The van der Waals surface area contributed by atoms with E-state index in [-0.39, 0.29) is 5.97 Å². The Morgan fingerprint density at radius 2 is 2.09 bits per heavy atom. The lowest BCUT2D eigenvalue weighted by Gasteiger charge is -2.27. The number of hydrogen-bond donors (Lipinski definition) is 0. The van der Waals surface area contributed by atoms with Gasteiger partial charge in [0.2, 0.25) is 0 Å². The molecule has 0 radical (unpaired) electrons. The zero-order chi connectivity index (χ0) is 22.8. The molecule has 0 saturated heterocycles. The van der Waals surface area contributed by atoms with E-state index in [0.717, 1.165) is 55.1 Å². The van der Waals surface area contributed by atoms with Crippen LogP contribution in [-0.4, -0.2) is 43.2 Å². The van der Waals surface area contributed by atoms with Gasteiger partial charge < -0.3 is 4.74 Å². The minimum absolute atomic E-state index is 0.321. The van der Waals surface area contributed by atoms with Crippen LogP contribution in [0.4, 0.5) is 0 Å². The van der Waals surface area contributed by atoms with Gasteiger partial charge in [0.15, 0.2) is 10.7 Å². The minimum Gasteiger partial charge on any atom is -0.461 e. The van der Waals surface area contributed by atoms with E-state index in [0.29, 0.717) is 18.8 Å². The van der Waals surface area contributed by atoms with Crippen LogP contribution in [0.1, 0.15) is 52.0 Å². The zero-order valence-electron chi connectivity index (χ0n) is 19.2. The molecule has 3 aromatic heterocycles. The fourth-order valence-electron chi connectivity index (χ4n) is 4.65. The second kappa shape index (κ2) is 9.49. The summed E-state index contributed by atoms with van der Waals surface area (Å²) >= 11 is 1.65. The summed E-state index contributed by atoms with van der Waals surface area (Å²) in [4.78, 5) is 20.8. The van der Waals surface area contributed by atoms with E-state index >= 15 is 0 Å². The van der Waals surface area contributed by atoms with Gasteiger partial charge in [-0.25, -0.2) is 9.78 Å². The van der Waals surface area contributed by atoms with Crippen molar-refractivity contribution in [1.29, 1.82) is 0 Å². The molecule has 0 atom stereocenters. The molecule has 0 fully saturated rings. The third-order valence-electron chi connectivity index (χ3n) is 6.29. The van der Waals surface area contributed by atoms with Crippen molar-refractivity contribution >= 4 is 22.3 Å². The van der Waals surface area contributed by atoms with Crippen molar-refractivity contribution in [3.63, 3.8) is 0 Å². The molecule has 33 heavy (non-hydrogen) atoms. The smallest absolute Gasteiger partial charge is 0.359 e. The number of thiazole rings is 1. The summed E-state index contributed by atoms with van der Waals surface area (Å²) in [6.07, 6.45) is 4.93. The van der Waals surface area contributed by atoms with Gasteiger partial charge in [-0.15, -0.1) is 11.3 Å². The Morgan fingerprint density at radius 3 is 2.91 bits per heavy atom. The van der Waals surface area contributed by atoms with E-state index in [9.17, 15) is 4.79 Å². The molecule has 0 spiro atoms. The molecule has 172 valence electrons. The lowest BCUT2D eigenvalue weighted by atomic mass is 10.0. The monoisotopic (exact) mass is 463 g/mol. The Hall–Kier alpha value is -2.97. The number of carbonyl (C=O) groups excluding carboxylic acids is 1. The maximum Gasteiger partial charge on any atom is 0.359 e. The van der Waals surface area contributed by atoms with Crippen LogP contribution in [0.2, 0.25) is 0 Å². The number of rotatable bonds is 8. The van der Waals surface area contributed by atoms with E-state index in [4.69, 9.17) is 9.84 Å².